The zero-order chi connectivity index (χ0) is 24.3. The SMILES string of the molecule is CCOc1ccc(NC(=O)N/N=C/c2ccc(OCc3cccc(C(=O)O)c3)c(OC)c2)cc1. The summed E-state index contributed by atoms with van der Waals surface area (Å²) in [6, 6.07) is 18.2. The number of anilines is 1. The Morgan fingerprint density at radius 3 is 2.50 bits per heavy atom. The molecule has 3 aromatic rings. The number of aromatic carboxylic acids is 1. The van der Waals surface area contributed by atoms with Crippen molar-refractivity contribution in [3.8, 4) is 17.2 Å². The Hall–Kier alpha value is -4.53. The Labute approximate surface area is 197 Å². The Morgan fingerprint density at radius 2 is 1.79 bits per heavy atom. The number of carboxylic acid groups (broad SMARTS) is 1. The van der Waals surface area contributed by atoms with Gasteiger partial charge < -0.3 is 24.6 Å². The molecule has 0 aromatic heterocycles. The molecule has 0 atom stereocenters. The van der Waals surface area contributed by atoms with Gasteiger partial charge in [-0.05, 0) is 72.6 Å². The minimum Gasteiger partial charge on any atom is -0.494 e. The van der Waals surface area contributed by atoms with Crippen LogP contribution in [0.4, 0.5) is 10.5 Å². The van der Waals surface area contributed by atoms with Crippen molar-refractivity contribution in [2.45, 2.75) is 13.5 Å². The van der Waals surface area contributed by atoms with E-state index in [0.29, 0.717) is 29.4 Å². The molecule has 0 aliphatic heterocycles. The van der Waals surface area contributed by atoms with Crippen molar-refractivity contribution >= 4 is 23.9 Å². The van der Waals surface area contributed by atoms with Crippen LogP contribution in [0.25, 0.3) is 0 Å². The third-order valence-corrected chi connectivity index (χ3v) is 4.56. The van der Waals surface area contributed by atoms with E-state index >= 15 is 0 Å². The highest BCUT2D eigenvalue weighted by atomic mass is 16.5. The molecule has 0 saturated heterocycles. The number of carboxylic acids is 1. The first-order valence-electron chi connectivity index (χ1n) is 10.4. The minimum absolute atomic E-state index is 0.179. The van der Waals surface area contributed by atoms with E-state index in [-0.39, 0.29) is 12.2 Å². The summed E-state index contributed by atoms with van der Waals surface area (Å²) in [5.41, 5.74) is 4.60. The Morgan fingerprint density at radius 1 is 1.00 bits per heavy atom. The molecule has 176 valence electrons. The third-order valence-electron chi connectivity index (χ3n) is 4.56. The van der Waals surface area contributed by atoms with Gasteiger partial charge in [-0.15, -0.1) is 0 Å². The molecule has 0 heterocycles. The first-order valence-corrected chi connectivity index (χ1v) is 10.4. The van der Waals surface area contributed by atoms with Crippen LogP contribution in [0.5, 0.6) is 17.2 Å². The van der Waals surface area contributed by atoms with Crippen LogP contribution in [0.15, 0.2) is 71.8 Å². The summed E-state index contributed by atoms with van der Waals surface area (Å²) in [5, 5.41) is 15.7. The summed E-state index contributed by atoms with van der Waals surface area (Å²) >= 11 is 0. The summed E-state index contributed by atoms with van der Waals surface area (Å²) in [7, 11) is 1.51. The zero-order valence-electron chi connectivity index (χ0n) is 18.8. The van der Waals surface area contributed by atoms with Gasteiger partial charge >= 0.3 is 12.0 Å². The number of carbonyl (C=O) groups excluding carboxylic acids is 1. The molecule has 34 heavy (non-hydrogen) atoms. The van der Waals surface area contributed by atoms with Crippen molar-refractivity contribution in [2.75, 3.05) is 19.0 Å². The summed E-state index contributed by atoms with van der Waals surface area (Å²) < 4.78 is 16.5. The van der Waals surface area contributed by atoms with Gasteiger partial charge in [-0.3, -0.25) is 0 Å². The zero-order valence-corrected chi connectivity index (χ0v) is 18.8. The number of methoxy groups -OCH3 is 1. The maximum absolute atomic E-state index is 12.0. The van der Waals surface area contributed by atoms with Gasteiger partial charge in [-0.2, -0.15) is 5.10 Å². The standard InChI is InChI=1S/C25H25N3O6/c1-3-33-21-10-8-20(9-11-21)27-25(31)28-26-15-17-7-12-22(23(14-17)32-2)34-16-18-5-4-6-19(13-18)24(29)30/h4-15H,3,16H2,1-2H3,(H,29,30)(H2,27,28,31)/b26-15+. The monoisotopic (exact) mass is 463 g/mol. The van der Waals surface area contributed by atoms with Crippen LogP contribution in [0.3, 0.4) is 0 Å². The first kappa shape index (κ1) is 24.1. The lowest BCUT2D eigenvalue weighted by molar-refractivity contribution is 0.0696. The molecule has 0 aliphatic carbocycles. The second-order valence-corrected chi connectivity index (χ2v) is 6.99. The largest absolute Gasteiger partial charge is 0.494 e. The average molecular weight is 463 g/mol. The fourth-order valence-corrected chi connectivity index (χ4v) is 2.96. The summed E-state index contributed by atoms with van der Waals surface area (Å²) in [6.07, 6.45) is 1.47. The summed E-state index contributed by atoms with van der Waals surface area (Å²) in [4.78, 5) is 23.1. The number of carbonyl (C=O) groups is 2. The molecular formula is C25H25N3O6. The van der Waals surface area contributed by atoms with Gasteiger partial charge in [-0.25, -0.2) is 15.0 Å². The topological polar surface area (TPSA) is 118 Å². The van der Waals surface area contributed by atoms with Gasteiger partial charge in [0.15, 0.2) is 11.5 Å². The smallest absolute Gasteiger partial charge is 0.339 e. The molecule has 3 rings (SSSR count). The predicted molar refractivity (Wildman–Crippen MR) is 128 cm³/mol. The number of nitrogens with one attached hydrogen (secondary N) is 2. The predicted octanol–water partition coefficient (Wildman–Crippen LogP) is 4.53. The number of hydrogen-bond donors (Lipinski definition) is 3. The van der Waals surface area contributed by atoms with Crippen molar-refractivity contribution < 1.29 is 28.9 Å². The number of ether oxygens (including phenoxy) is 3. The van der Waals surface area contributed by atoms with E-state index in [1.165, 1.54) is 19.4 Å². The Kier molecular flexibility index (Phi) is 8.45. The average Bonchev–Trinajstić information content (AvgIpc) is 2.84. The van der Waals surface area contributed by atoms with Gasteiger partial charge in [0.25, 0.3) is 0 Å². The summed E-state index contributed by atoms with van der Waals surface area (Å²) in [6.45, 7) is 2.65. The van der Waals surface area contributed by atoms with E-state index in [1.54, 1.807) is 60.7 Å². The van der Waals surface area contributed by atoms with Crippen molar-refractivity contribution in [2.24, 2.45) is 5.10 Å². The first-order chi connectivity index (χ1) is 16.5. The van der Waals surface area contributed by atoms with E-state index in [4.69, 9.17) is 19.3 Å². The Balaban J connectivity index is 1.55. The van der Waals surface area contributed by atoms with E-state index in [1.807, 2.05) is 6.92 Å². The third kappa shape index (κ3) is 6.99. The number of hydrogen-bond acceptors (Lipinski definition) is 6. The lowest BCUT2D eigenvalue weighted by Gasteiger charge is -2.11. The molecule has 9 heteroatoms. The van der Waals surface area contributed by atoms with Gasteiger partial charge in [0, 0.05) is 5.69 Å². The van der Waals surface area contributed by atoms with Gasteiger partial charge in [0.1, 0.15) is 12.4 Å². The van der Waals surface area contributed by atoms with Crippen LogP contribution in [-0.4, -0.2) is 37.0 Å². The maximum atomic E-state index is 12.0. The Bertz CT molecular complexity index is 1160. The minimum atomic E-state index is -0.996. The molecule has 0 aliphatic rings. The van der Waals surface area contributed by atoms with Crippen molar-refractivity contribution in [1.82, 2.24) is 5.43 Å². The van der Waals surface area contributed by atoms with E-state index in [2.05, 4.69) is 15.8 Å². The number of hydrazone groups is 1. The number of nitrogens with zero attached hydrogens (tertiary/aromatic N) is 1. The van der Waals surface area contributed by atoms with Crippen LogP contribution >= 0.6 is 0 Å². The summed E-state index contributed by atoms with van der Waals surface area (Å²) in [5.74, 6) is 0.685. The maximum Gasteiger partial charge on any atom is 0.339 e. The molecule has 3 aromatic carbocycles. The lowest BCUT2D eigenvalue weighted by Crippen LogP contribution is -2.24. The van der Waals surface area contributed by atoms with Gasteiger partial charge in [-0.1, -0.05) is 12.1 Å². The van der Waals surface area contributed by atoms with Crippen molar-refractivity contribution in [1.29, 1.82) is 0 Å². The number of rotatable bonds is 10. The molecule has 0 fully saturated rings. The second-order valence-electron chi connectivity index (χ2n) is 6.99. The quantitative estimate of drug-likeness (QED) is 0.300. The van der Waals surface area contributed by atoms with E-state index < -0.39 is 12.0 Å². The number of urea groups is 1. The van der Waals surface area contributed by atoms with Crippen LogP contribution in [-0.2, 0) is 6.61 Å². The molecule has 0 bridgehead atoms. The highest BCUT2D eigenvalue weighted by Gasteiger charge is 2.08. The van der Waals surface area contributed by atoms with E-state index in [0.717, 1.165) is 11.3 Å². The second kappa shape index (κ2) is 11.9. The normalized spacial score (nSPS) is 10.5. The van der Waals surface area contributed by atoms with Gasteiger partial charge in [0.2, 0.25) is 0 Å². The van der Waals surface area contributed by atoms with Crippen molar-refractivity contribution in [3.63, 3.8) is 0 Å². The highest BCUT2D eigenvalue weighted by Crippen LogP contribution is 2.28. The highest BCUT2D eigenvalue weighted by molar-refractivity contribution is 5.90. The van der Waals surface area contributed by atoms with Crippen LogP contribution in [0.1, 0.15) is 28.4 Å². The number of amides is 2. The molecule has 9 nitrogen and oxygen atoms in total. The molecule has 0 saturated carbocycles. The van der Waals surface area contributed by atoms with Gasteiger partial charge in [0.05, 0.1) is 25.5 Å². The fraction of sp³-hybridized carbons (Fsp3) is 0.160. The van der Waals surface area contributed by atoms with Crippen LogP contribution in [0.2, 0.25) is 0 Å². The molecule has 0 radical (unpaired) electrons. The molecular weight excluding hydrogens is 438 g/mol. The van der Waals surface area contributed by atoms with Crippen LogP contribution < -0.4 is 25.0 Å². The van der Waals surface area contributed by atoms with Crippen molar-refractivity contribution in [3.05, 3.63) is 83.4 Å². The molecule has 2 amide bonds. The molecule has 0 spiro atoms. The van der Waals surface area contributed by atoms with Crippen LogP contribution in [0, 0.1) is 0 Å². The van der Waals surface area contributed by atoms with E-state index in [9.17, 15) is 9.59 Å². The fourth-order valence-electron chi connectivity index (χ4n) is 2.96. The molecule has 0 unspecified atom stereocenters. The number of benzene rings is 3. The lowest BCUT2D eigenvalue weighted by atomic mass is 10.1. The molecule has 3 N–H and O–H groups in total.